The Kier molecular flexibility index (Phi) is 4.13. The minimum absolute atomic E-state index is 0.0719. The van der Waals surface area contributed by atoms with Crippen LogP contribution in [0.25, 0.3) is 0 Å². The fraction of sp³-hybridized carbons (Fsp3) is 0.294. The van der Waals surface area contributed by atoms with Gasteiger partial charge in [-0.3, -0.25) is 4.79 Å². The summed E-state index contributed by atoms with van der Waals surface area (Å²) in [4.78, 5) is 26.6. The number of esters is 1. The lowest BCUT2D eigenvalue weighted by atomic mass is 9.86. The Hall–Kier alpha value is -2.54. The molecule has 1 unspecified atom stereocenters. The van der Waals surface area contributed by atoms with Gasteiger partial charge in [0.2, 0.25) is 0 Å². The van der Waals surface area contributed by atoms with Crippen molar-refractivity contribution in [2.75, 3.05) is 13.2 Å². The number of terminal acetylenes is 1. The fourth-order valence-corrected chi connectivity index (χ4v) is 2.74. The summed E-state index contributed by atoms with van der Waals surface area (Å²) in [5.74, 6) is 1.79. The third-order valence-electron chi connectivity index (χ3n) is 3.59. The van der Waals surface area contributed by atoms with E-state index in [0.29, 0.717) is 11.1 Å². The quantitative estimate of drug-likeness (QED) is 0.472. The zero-order valence-electron chi connectivity index (χ0n) is 12.0. The van der Waals surface area contributed by atoms with Gasteiger partial charge in [0, 0.05) is 24.1 Å². The lowest BCUT2D eigenvalue weighted by Crippen LogP contribution is -2.50. The highest BCUT2D eigenvalue weighted by Crippen LogP contribution is 2.42. The highest BCUT2D eigenvalue weighted by atomic mass is 16.5. The summed E-state index contributed by atoms with van der Waals surface area (Å²) < 4.78 is 5.20. The van der Waals surface area contributed by atoms with Gasteiger partial charge in [0.05, 0.1) is 6.61 Å². The molecule has 1 aromatic rings. The molecule has 1 heterocycles. The average Bonchev–Trinajstić information content (AvgIpc) is 2.72. The Bertz CT molecular complexity index is 629. The molecule has 0 saturated carbocycles. The van der Waals surface area contributed by atoms with Crippen molar-refractivity contribution in [2.24, 2.45) is 0 Å². The summed E-state index contributed by atoms with van der Waals surface area (Å²) in [5.41, 5.74) is -0.164. The molecule has 0 spiro atoms. The zero-order chi connectivity index (χ0) is 15.5. The maximum absolute atomic E-state index is 12.6. The van der Waals surface area contributed by atoms with Gasteiger partial charge >= 0.3 is 5.97 Å². The normalized spacial score (nSPS) is 19.8. The van der Waals surface area contributed by atoms with Crippen molar-refractivity contribution in [1.82, 2.24) is 4.90 Å². The van der Waals surface area contributed by atoms with Crippen LogP contribution in [-0.4, -0.2) is 29.9 Å². The molecule has 1 aliphatic heterocycles. The molecule has 0 radical (unpaired) electrons. The molecule has 1 aromatic carbocycles. The lowest BCUT2D eigenvalue weighted by molar-refractivity contribution is -0.156. The van der Waals surface area contributed by atoms with E-state index in [0.717, 1.165) is 0 Å². The van der Waals surface area contributed by atoms with E-state index in [1.807, 2.05) is 0 Å². The van der Waals surface area contributed by atoms with Crippen LogP contribution < -0.4 is 0 Å². The lowest BCUT2D eigenvalue weighted by Gasteiger charge is -2.35. The second-order valence-electron chi connectivity index (χ2n) is 4.71. The number of carbonyl (C=O) groups is 2. The molecule has 0 N–H and O–H groups in total. The van der Waals surface area contributed by atoms with Crippen LogP contribution in [0.4, 0.5) is 0 Å². The molecule has 108 valence electrons. The highest BCUT2D eigenvalue weighted by molar-refractivity contribution is 6.06. The first-order valence-corrected chi connectivity index (χ1v) is 6.76. The summed E-state index contributed by atoms with van der Waals surface area (Å²) >= 11 is 0. The minimum atomic E-state index is -1.26. The monoisotopic (exact) mass is 283 g/mol. The van der Waals surface area contributed by atoms with Crippen molar-refractivity contribution in [2.45, 2.75) is 18.9 Å². The summed E-state index contributed by atoms with van der Waals surface area (Å²) in [5, 5.41) is 0. The van der Waals surface area contributed by atoms with Gasteiger partial charge in [-0.15, -0.1) is 18.9 Å². The van der Waals surface area contributed by atoms with Crippen LogP contribution in [0.5, 0.6) is 0 Å². The first-order valence-electron chi connectivity index (χ1n) is 6.76. The molecular weight excluding hydrogens is 266 g/mol. The van der Waals surface area contributed by atoms with E-state index < -0.39 is 11.5 Å². The van der Waals surface area contributed by atoms with Crippen LogP contribution >= 0.6 is 0 Å². The average molecular weight is 283 g/mol. The standard InChI is InChI=1S/C17H17NO3/c1-4-11-17(16(20)21-6-3)14-10-8-7-9-13(14)15(19)18(17)12-5-2/h1,5,7-10H,2,6,11-12H2,3H3. The molecule has 0 saturated heterocycles. The molecule has 0 aromatic heterocycles. The summed E-state index contributed by atoms with van der Waals surface area (Å²) in [6.45, 7) is 5.83. The number of fused-ring (bicyclic) bond motifs is 1. The molecule has 1 aliphatic rings. The van der Waals surface area contributed by atoms with Gasteiger partial charge in [-0.2, -0.15) is 0 Å². The Labute approximate surface area is 124 Å². The number of hydrogen-bond acceptors (Lipinski definition) is 3. The number of hydrogen-bond donors (Lipinski definition) is 0. The topological polar surface area (TPSA) is 46.6 Å². The molecule has 4 heteroatoms. The molecular formula is C17H17NO3. The summed E-state index contributed by atoms with van der Waals surface area (Å²) in [7, 11) is 0. The predicted octanol–water partition coefficient (Wildman–Crippen LogP) is 2.11. The van der Waals surface area contributed by atoms with Gasteiger partial charge in [0.25, 0.3) is 5.91 Å². The number of rotatable bonds is 5. The molecule has 0 fully saturated rings. The van der Waals surface area contributed by atoms with E-state index in [1.165, 1.54) is 4.90 Å². The number of ether oxygens (including phenoxy) is 1. The van der Waals surface area contributed by atoms with Crippen molar-refractivity contribution < 1.29 is 14.3 Å². The van der Waals surface area contributed by atoms with Crippen LogP contribution in [0.3, 0.4) is 0 Å². The van der Waals surface area contributed by atoms with Crippen molar-refractivity contribution in [3.05, 3.63) is 48.0 Å². The second-order valence-corrected chi connectivity index (χ2v) is 4.71. The van der Waals surface area contributed by atoms with Gasteiger partial charge in [0.15, 0.2) is 5.54 Å². The minimum Gasteiger partial charge on any atom is -0.464 e. The van der Waals surface area contributed by atoms with Gasteiger partial charge in [-0.1, -0.05) is 24.3 Å². The van der Waals surface area contributed by atoms with Crippen LogP contribution in [0, 0.1) is 12.3 Å². The molecule has 0 bridgehead atoms. The van der Waals surface area contributed by atoms with E-state index in [-0.39, 0.29) is 25.5 Å². The van der Waals surface area contributed by atoms with Crippen molar-refractivity contribution in [3.63, 3.8) is 0 Å². The first kappa shape index (κ1) is 14.9. The largest absolute Gasteiger partial charge is 0.464 e. The predicted molar refractivity (Wildman–Crippen MR) is 79.4 cm³/mol. The molecule has 0 aliphatic carbocycles. The maximum Gasteiger partial charge on any atom is 0.337 e. The number of amides is 1. The van der Waals surface area contributed by atoms with Crippen molar-refractivity contribution >= 4 is 11.9 Å². The van der Waals surface area contributed by atoms with Gasteiger partial charge in [-0.25, -0.2) is 4.79 Å². The van der Waals surface area contributed by atoms with Crippen LogP contribution in [0.2, 0.25) is 0 Å². The molecule has 4 nitrogen and oxygen atoms in total. The molecule has 2 rings (SSSR count). The van der Waals surface area contributed by atoms with Gasteiger partial charge in [-0.05, 0) is 13.0 Å². The SMILES string of the molecule is C#CCC1(C(=O)OCC)c2ccccc2C(=O)N1CC=C. The summed E-state index contributed by atoms with van der Waals surface area (Å²) in [6.07, 6.45) is 7.12. The Morgan fingerprint density at radius 3 is 2.86 bits per heavy atom. The number of nitrogens with zero attached hydrogens (tertiary/aromatic N) is 1. The fourth-order valence-electron chi connectivity index (χ4n) is 2.74. The Morgan fingerprint density at radius 1 is 1.52 bits per heavy atom. The van der Waals surface area contributed by atoms with E-state index >= 15 is 0 Å². The van der Waals surface area contributed by atoms with Crippen LogP contribution in [0.1, 0.15) is 29.3 Å². The maximum atomic E-state index is 12.6. The highest BCUT2D eigenvalue weighted by Gasteiger charge is 2.55. The Balaban J connectivity index is 2.67. The second kappa shape index (κ2) is 5.84. The molecule has 21 heavy (non-hydrogen) atoms. The van der Waals surface area contributed by atoms with Gasteiger partial charge in [0.1, 0.15) is 0 Å². The number of carbonyl (C=O) groups excluding carboxylic acids is 2. The molecule has 1 amide bonds. The van der Waals surface area contributed by atoms with Crippen LogP contribution in [0.15, 0.2) is 36.9 Å². The zero-order valence-corrected chi connectivity index (χ0v) is 12.0. The molecule has 1 atom stereocenters. The first-order chi connectivity index (χ1) is 10.1. The van der Waals surface area contributed by atoms with Gasteiger partial charge < -0.3 is 9.64 Å². The third kappa shape index (κ3) is 2.11. The van der Waals surface area contributed by atoms with Crippen molar-refractivity contribution in [1.29, 1.82) is 0 Å². The van der Waals surface area contributed by atoms with Crippen molar-refractivity contribution in [3.8, 4) is 12.3 Å². The number of benzene rings is 1. The van der Waals surface area contributed by atoms with E-state index in [2.05, 4.69) is 12.5 Å². The smallest absolute Gasteiger partial charge is 0.337 e. The third-order valence-corrected chi connectivity index (χ3v) is 3.59. The van der Waals surface area contributed by atoms with E-state index in [1.54, 1.807) is 37.3 Å². The Morgan fingerprint density at radius 2 is 2.24 bits per heavy atom. The van der Waals surface area contributed by atoms with E-state index in [4.69, 9.17) is 11.2 Å². The van der Waals surface area contributed by atoms with E-state index in [9.17, 15) is 9.59 Å². The summed E-state index contributed by atoms with van der Waals surface area (Å²) in [6, 6.07) is 7.00. The van der Waals surface area contributed by atoms with Crippen LogP contribution in [-0.2, 0) is 15.1 Å².